The van der Waals surface area contributed by atoms with Crippen LogP contribution >= 0.6 is 0 Å². The first kappa shape index (κ1) is 14.5. The van der Waals surface area contributed by atoms with Crippen molar-refractivity contribution in [2.24, 2.45) is 5.41 Å². The Labute approximate surface area is 137 Å². The third-order valence-corrected chi connectivity index (χ3v) is 5.94. The van der Waals surface area contributed by atoms with Crippen LogP contribution in [0.4, 0.5) is 0 Å². The van der Waals surface area contributed by atoms with E-state index in [1.54, 1.807) is 0 Å². The largest absolute Gasteiger partial charge is 0.370 e. The second kappa shape index (κ2) is 5.23. The summed E-state index contributed by atoms with van der Waals surface area (Å²) in [5.74, 6) is 2.74. The average Bonchev–Trinajstić information content (AvgIpc) is 2.53. The zero-order chi connectivity index (χ0) is 16.0. The molecule has 0 atom stereocenters. The summed E-state index contributed by atoms with van der Waals surface area (Å²) >= 11 is 0. The predicted octanol–water partition coefficient (Wildman–Crippen LogP) is 3.13. The number of carbonyl (C=O) groups excluding carboxylic acids is 1. The maximum atomic E-state index is 12.5. The van der Waals surface area contributed by atoms with E-state index in [0.717, 1.165) is 35.6 Å². The lowest BCUT2D eigenvalue weighted by Gasteiger charge is -2.49. The van der Waals surface area contributed by atoms with Crippen molar-refractivity contribution < 1.29 is 4.79 Å². The molecule has 118 valence electrons. The van der Waals surface area contributed by atoms with E-state index in [2.05, 4.69) is 21.9 Å². The van der Waals surface area contributed by atoms with Crippen LogP contribution in [-0.2, 0) is 11.2 Å². The summed E-state index contributed by atoms with van der Waals surface area (Å²) < 4.78 is 0. The zero-order valence-corrected chi connectivity index (χ0v) is 13.7. The van der Waals surface area contributed by atoms with Crippen molar-refractivity contribution in [3.05, 3.63) is 34.7 Å². The van der Waals surface area contributed by atoms with Crippen LogP contribution in [0.25, 0.3) is 5.70 Å². The van der Waals surface area contributed by atoms with Gasteiger partial charge in [-0.05, 0) is 49.7 Å². The second-order valence-corrected chi connectivity index (χ2v) is 7.29. The minimum Gasteiger partial charge on any atom is -0.370 e. The first-order valence-electron chi connectivity index (χ1n) is 8.57. The third-order valence-electron chi connectivity index (χ3n) is 5.94. The topological polar surface area (TPSA) is 33.2 Å². The van der Waals surface area contributed by atoms with Crippen molar-refractivity contribution in [3.8, 4) is 12.3 Å². The van der Waals surface area contributed by atoms with Crippen molar-refractivity contribution in [1.82, 2.24) is 9.88 Å². The number of pyridine rings is 1. The molecule has 2 heterocycles. The molecule has 1 aliphatic heterocycles. The Morgan fingerprint density at radius 3 is 2.61 bits per heavy atom. The van der Waals surface area contributed by atoms with Crippen molar-refractivity contribution >= 4 is 11.5 Å². The smallest absolute Gasteiger partial charge is 0.177 e. The number of fused-ring (bicyclic) bond motifs is 1. The molecule has 2 fully saturated rings. The number of allylic oxidation sites excluding steroid dienone is 1. The Hall–Kier alpha value is -2.08. The van der Waals surface area contributed by atoms with Gasteiger partial charge in [0, 0.05) is 37.0 Å². The number of piperidine rings is 1. The number of ketones is 1. The summed E-state index contributed by atoms with van der Waals surface area (Å²) in [6.45, 7) is 4.01. The fourth-order valence-electron chi connectivity index (χ4n) is 4.34. The van der Waals surface area contributed by atoms with Crippen LogP contribution in [0.2, 0.25) is 0 Å². The zero-order valence-electron chi connectivity index (χ0n) is 13.7. The molecule has 2 aliphatic carbocycles. The first-order chi connectivity index (χ1) is 11.1. The van der Waals surface area contributed by atoms with Gasteiger partial charge in [-0.2, -0.15) is 0 Å². The Kier molecular flexibility index (Phi) is 3.30. The van der Waals surface area contributed by atoms with E-state index in [9.17, 15) is 4.79 Å². The van der Waals surface area contributed by atoms with E-state index >= 15 is 0 Å². The van der Waals surface area contributed by atoms with Gasteiger partial charge in [0.05, 0.1) is 11.3 Å². The number of hydrogen-bond acceptors (Lipinski definition) is 3. The number of rotatable bonds is 1. The molecular formula is C20H22N2O. The highest BCUT2D eigenvalue weighted by atomic mass is 16.1. The highest BCUT2D eigenvalue weighted by molar-refractivity contribution is 6.10. The summed E-state index contributed by atoms with van der Waals surface area (Å²) in [7, 11) is 0. The van der Waals surface area contributed by atoms with Crippen LogP contribution < -0.4 is 0 Å². The molecule has 3 nitrogen and oxygen atoms in total. The lowest BCUT2D eigenvalue weighted by atomic mass is 9.63. The molecule has 0 radical (unpaired) electrons. The molecule has 0 amide bonds. The minimum absolute atomic E-state index is 0.0598. The Morgan fingerprint density at radius 1 is 1.26 bits per heavy atom. The Balaban J connectivity index is 1.73. The quantitative estimate of drug-likeness (QED) is 0.747. The molecule has 3 aliphatic rings. The Morgan fingerprint density at radius 2 is 2.00 bits per heavy atom. The van der Waals surface area contributed by atoms with Gasteiger partial charge in [-0.15, -0.1) is 6.42 Å². The van der Waals surface area contributed by atoms with Crippen molar-refractivity contribution in [1.29, 1.82) is 0 Å². The lowest BCUT2D eigenvalue weighted by Crippen LogP contribution is -2.43. The maximum absolute atomic E-state index is 12.5. The molecule has 1 aromatic heterocycles. The molecule has 1 aromatic rings. The molecule has 1 saturated carbocycles. The van der Waals surface area contributed by atoms with Gasteiger partial charge in [0.2, 0.25) is 0 Å². The van der Waals surface area contributed by atoms with Gasteiger partial charge in [0.1, 0.15) is 0 Å². The predicted molar refractivity (Wildman–Crippen MR) is 90.5 cm³/mol. The summed E-state index contributed by atoms with van der Waals surface area (Å²) in [6.07, 6.45) is 14.5. The van der Waals surface area contributed by atoms with Gasteiger partial charge in [0.15, 0.2) is 5.78 Å². The number of likely N-dealkylation sites (tertiary alicyclic amines) is 1. The molecule has 0 aromatic carbocycles. The normalized spacial score (nSPS) is 22.6. The second-order valence-electron chi connectivity index (χ2n) is 7.29. The monoisotopic (exact) mass is 306 g/mol. The van der Waals surface area contributed by atoms with Gasteiger partial charge in [-0.1, -0.05) is 12.3 Å². The van der Waals surface area contributed by atoms with Gasteiger partial charge in [-0.3, -0.25) is 9.78 Å². The van der Waals surface area contributed by atoms with Crippen molar-refractivity contribution in [3.63, 3.8) is 0 Å². The number of terminal acetylenes is 1. The fourth-order valence-corrected chi connectivity index (χ4v) is 4.34. The highest BCUT2D eigenvalue weighted by Gasteiger charge is 2.41. The number of carbonyl (C=O) groups is 1. The molecule has 0 unspecified atom stereocenters. The van der Waals surface area contributed by atoms with Crippen LogP contribution in [0.5, 0.6) is 0 Å². The molecule has 0 bridgehead atoms. The molecule has 1 saturated heterocycles. The van der Waals surface area contributed by atoms with E-state index in [-0.39, 0.29) is 5.78 Å². The lowest BCUT2D eigenvalue weighted by molar-refractivity contribution is -0.114. The SMILES string of the molecule is C#CC1=C(N2CCC3(CCC3)CC2)c2cc(C)ncc2CC1=O. The number of aryl methyl sites for hydroxylation is 1. The van der Waals surface area contributed by atoms with Crippen molar-refractivity contribution in [2.75, 3.05) is 13.1 Å². The molecule has 4 rings (SSSR count). The van der Waals surface area contributed by atoms with Crippen LogP contribution in [0, 0.1) is 24.7 Å². The highest BCUT2D eigenvalue weighted by Crippen LogP contribution is 2.50. The third kappa shape index (κ3) is 2.28. The molecule has 23 heavy (non-hydrogen) atoms. The standard InChI is InChI=1S/C20H22N2O/c1-3-16-18(23)12-15-13-21-14(2)11-17(15)19(16)22-9-7-20(8-10-22)5-4-6-20/h1,11,13H,4-10,12H2,2H3. The maximum Gasteiger partial charge on any atom is 0.177 e. The number of Topliss-reactive ketones (excluding diaryl/α,β-unsaturated/α-hetero) is 1. The summed E-state index contributed by atoms with van der Waals surface area (Å²) in [6, 6.07) is 2.09. The first-order valence-corrected chi connectivity index (χ1v) is 8.57. The van der Waals surface area contributed by atoms with E-state index in [0.29, 0.717) is 17.4 Å². The molecule has 0 N–H and O–H groups in total. The van der Waals surface area contributed by atoms with Crippen LogP contribution in [0.15, 0.2) is 17.8 Å². The van der Waals surface area contributed by atoms with E-state index in [1.165, 1.54) is 32.1 Å². The van der Waals surface area contributed by atoms with E-state index in [1.807, 2.05) is 13.1 Å². The summed E-state index contributed by atoms with van der Waals surface area (Å²) in [5.41, 5.74) is 5.24. The van der Waals surface area contributed by atoms with Gasteiger partial charge in [-0.25, -0.2) is 0 Å². The molecule has 3 heteroatoms. The van der Waals surface area contributed by atoms with Gasteiger partial charge in [0.25, 0.3) is 0 Å². The van der Waals surface area contributed by atoms with Gasteiger partial charge >= 0.3 is 0 Å². The molecular weight excluding hydrogens is 284 g/mol. The minimum atomic E-state index is 0.0598. The number of aromatic nitrogens is 1. The Bertz CT molecular complexity index is 739. The summed E-state index contributed by atoms with van der Waals surface area (Å²) in [5, 5.41) is 0. The number of nitrogens with zero attached hydrogens (tertiary/aromatic N) is 2. The van der Waals surface area contributed by atoms with Crippen LogP contribution in [0.3, 0.4) is 0 Å². The molecule has 1 spiro atoms. The van der Waals surface area contributed by atoms with E-state index < -0.39 is 0 Å². The number of hydrogen-bond donors (Lipinski definition) is 0. The van der Waals surface area contributed by atoms with Gasteiger partial charge < -0.3 is 4.90 Å². The van der Waals surface area contributed by atoms with E-state index in [4.69, 9.17) is 6.42 Å². The fraction of sp³-hybridized carbons (Fsp3) is 0.500. The summed E-state index contributed by atoms with van der Waals surface area (Å²) in [4.78, 5) is 19.2. The van der Waals surface area contributed by atoms with Crippen LogP contribution in [0.1, 0.15) is 48.9 Å². The van der Waals surface area contributed by atoms with Crippen molar-refractivity contribution in [2.45, 2.75) is 45.4 Å². The average molecular weight is 306 g/mol. The van der Waals surface area contributed by atoms with Crippen LogP contribution in [-0.4, -0.2) is 28.8 Å².